The lowest BCUT2D eigenvalue weighted by molar-refractivity contribution is -0.130. The van der Waals surface area contributed by atoms with Crippen LogP contribution in [0.2, 0.25) is 0 Å². The number of carbonyl (C=O) groups excluding carboxylic acids is 1. The van der Waals surface area contributed by atoms with Crippen LogP contribution < -0.4 is 0 Å². The predicted octanol–water partition coefficient (Wildman–Crippen LogP) is 2.51. The van der Waals surface area contributed by atoms with Crippen LogP contribution in [0.1, 0.15) is 43.4 Å². The molecule has 0 unspecified atom stereocenters. The molecule has 2 fully saturated rings. The van der Waals surface area contributed by atoms with Crippen molar-refractivity contribution in [2.75, 3.05) is 39.4 Å². The molecule has 0 aliphatic carbocycles. The zero-order valence-corrected chi connectivity index (χ0v) is 15.5. The summed E-state index contributed by atoms with van der Waals surface area (Å²) in [6, 6.07) is 4.18. The number of aromatic nitrogens is 2. The molecule has 1 atom stereocenters. The molecule has 0 spiro atoms. The number of aromatic amines is 1. The van der Waals surface area contributed by atoms with Gasteiger partial charge in [0.15, 0.2) is 0 Å². The number of hydrogen-bond donors (Lipinski definition) is 1. The molecule has 0 saturated carbocycles. The van der Waals surface area contributed by atoms with Gasteiger partial charge in [-0.05, 0) is 37.0 Å². The summed E-state index contributed by atoms with van der Waals surface area (Å²) in [5.74, 6) is 0.537. The first-order valence-corrected chi connectivity index (χ1v) is 9.73. The fourth-order valence-corrected chi connectivity index (χ4v) is 4.29. The first-order chi connectivity index (χ1) is 12.7. The van der Waals surface area contributed by atoms with E-state index in [1.165, 1.54) is 16.6 Å². The number of pyridine rings is 1. The van der Waals surface area contributed by atoms with Crippen molar-refractivity contribution in [1.82, 2.24) is 19.8 Å². The highest BCUT2D eigenvalue weighted by molar-refractivity contribution is 5.81. The van der Waals surface area contributed by atoms with Crippen LogP contribution in [-0.4, -0.2) is 65.1 Å². The Bertz CT molecular complexity index is 764. The fraction of sp³-hybridized carbons (Fsp3) is 0.600. The molecule has 2 aliphatic rings. The van der Waals surface area contributed by atoms with Crippen molar-refractivity contribution < 1.29 is 9.53 Å². The molecule has 0 radical (unpaired) electrons. The van der Waals surface area contributed by atoms with Crippen LogP contribution in [0.25, 0.3) is 11.0 Å². The van der Waals surface area contributed by atoms with Gasteiger partial charge in [-0.25, -0.2) is 4.98 Å². The molecule has 1 N–H and O–H groups in total. The Morgan fingerprint density at radius 2 is 2.23 bits per heavy atom. The highest BCUT2D eigenvalue weighted by Gasteiger charge is 2.28. The highest BCUT2D eigenvalue weighted by Crippen LogP contribution is 2.33. The van der Waals surface area contributed by atoms with Crippen molar-refractivity contribution in [3.05, 3.63) is 29.6 Å². The van der Waals surface area contributed by atoms with E-state index in [1.54, 1.807) is 6.92 Å². The second-order valence-electron chi connectivity index (χ2n) is 7.46. The van der Waals surface area contributed by atoms with Gasteiger partial charge in [0.2, 0.25) is 5.91 Å². The monoisotopic (exact) mass is 356 g/mol. The van der Waals surface area contributed by atoms with Crippen LogP contribution >= 0.6 is 0 Å². The second-order valence-corrected chi connectivity index (χ2v) is 7.46. The van der Waals surface area contributed by atoms with E-state index in [4.69, 9.17) is 4.74 Å². The number of rotatable bonds is 3. The van der Waals surface area contributed by atoms with Gasteiger partial charge < -0.3 is 14.6 Å². The van der Waals surface area contributed by atoms with Crippen molar-refractivity contribution in [1.29, 1.82) is 0 Å². The maximum atomic E-state index is 11.9. The Kier molecular flexibility index (Phi) is 5.22. The number of hydrogen-bond acceptors (Lipinski definition) is 4. The Labute approximate surface area is 154 Å². The zero-order chi connectivity index (χ0) is 17.9. The molecule has 2 aromatic heterocycles. The van der Waals surface area contributed by atoms with Crippen molar-refractivity contribution in [3.8, 4) is 0 Å². The molecule has 2 aliphatic heterocycles. The predicted molar refractivity (Wildman–Crippen MR) is 101 cm³/mol. The Balaban J connectivity index is 1.66. The van der Waals surface area contributed by atoms with Gasteiger partial charge >= 0.3 is 0 Å². The smallest absolute Gasteiger partial charge is 0.219 e. The standard InChI is InChI=1S/C20H28N4O2/c1-15(25)24-9-3-5-16(13-24)19-18(14-23-8-4-11-26-12-10-23)17-6-2-7-21-20(17)22-19/h2,6-7,16H,3-5,8-14H2,1H3,(H,21,22)/t16-/m1/s1. The molecule has 4 heterocycles. The normalized spacial score (nSPS) is 22.5. The molecule has 4 rings (SSSR count). The number of carbonyl (C=O) groups is 1. The second kappa shape index (κ2) is 7.76. The molecule has 6 heteroatoms. The van der Waals surface area contributed by atoms with E-state index in [9.17, 15) is 4.79 Å². The highest BCUT2D eigenvalue weighted by atomic mass is 16.5. The largest absolute Gasteiger partial charge is 0.380 e. The van der Waals surface area contributed by atoms with E-state index < -0.39 is 0 Å². The van der Waals surface area contributed by atoms with E-state index >= 15 is 0 Å². The van der Waals surface area contributed by atoms with Gasteiger partial charge in [0.05, 0.1) is 6.61 Å². The minimum Gasteiger partial charge on any atom is -0.380 e. The van der Waals surface area contributed by atoms with Crippen LogP contribution in [0.5, 0.6) is 0 Å². The lowest BCUT2D eigenvalue weighted by Gasteiger charge is -2.32. The summed E-state index contributed by atoms with van der Waals surface area (Å²) in [5.41, 5.74) is 3.59. The molecule has 26 heavy (non-hydrogen) atoms. The molecule has 0 bridgehead atoms. The summed E-state index contributed by atoms with van der Waals surface area (Å²) in [6.45, 7) is 7.97. The van der Waals surface area contributed by atoms with Gasteiger partial charge in [-0.1, -0.05) is 0 Å². The fourth-order valence-electron chi connectivity index (χ4n) is 4.29. The Morgan fingerprint density at radius 3 is 3.12 bits per heavy atom. The maximum Gasteiger partial charge on any atom is 0.219 e. The van der Waals surface area contributed by atoms with E-state index in [-0.39, 0.29) is 5.91 Å². The number of fused-ring (bicyclic) bond motifs is 1. The summed E-state index contributed by atoms with van der Waals surface area (Å²) in [7, 11) is 0. The number of amides is 1. The minimum absolute atomic E-state index is 0.176. The van der Waals surface area contributed by atoms with Crippen molar-refractivity contribution in [2.45, 2.75) is 38.6 Å². The Morgan fingerprint density at radius 1 is 1.31 bits per heavy atom. The number of nitrogens with zero attached hydrogens (tertiary/aromatic N) is 3. The average molecular weight is 356 g/mol. The molecule has 2 aromatic rings. The first-order valence-electron chi connectivity index (χ1n) is 9.73. The SMILES string of the molecule is CC(=O)N1CCC[C@@H](c2[nH]c3ncccc3c2CN2CCCOCC2)C1. The molecule has 140 valence electrons. The van der Waals surface area contributed by atoms with Gasteiger partial charge in [-0.2, -0.15) is 0 Å². The zero-order valence-electron chi connectivity index (χ0n) is 15.5. The first kappa shape index (κ1) is 17.5. The number of ether oxygens (including phenoxy) is 1. The van der Waals surface area contributed by atoms with Crippen molar-refractivity contribution in [3.63, 3.8) is 0 Å². The lowest BCUT2D eigenvalue weighted by Crippen LogP contribution is -2.38. The minimum atomic E-state index is 0.176. The third-order valence-corrected chi connectivity index (χ3v) is 5.68. The van der Waals surface area contributed by atoms with Crippen molar-refractivity contribution >= 4 is 16.9 Å². The molecular weight excluding hydrogens is 328 g/mol. The summed E-state index contributed by atoms with van der Waals surface area (Å²) >= 11 is 0. The average Bonchev–Trinajstić information content (AvgIpc) is 2.83. The molecular formula is C20H28N4O2. The summed E-state index contributed by atoms with van der Waals surface area (Å²) in [4.78, 5) is 24.5. The van der Waals surface area contributed by atoms with Crippen LogP contribution in [-0.2, 0) is 16.1 Å². The molecule has 1 amide bonds. The van der Waals surface area contributed by atoms with E-state index in [0.717, 1.165) is 70.8 Å². The lowest BCUT2D eigenvalue weighted by atomic mass is 9.91. The van der Waals surface area contributed by atoms with Gasteiger partial charge in [-0.15, -0.1) is 0 Å². The third-order valence-electron chi connectivity index (χ3n) is 5.68. The number of piperidine rings is 1. The van der Waals surface area contributed by atoms with E-state index in [2.05, 4.69) is 20.9 Å². The van der Waals surface area contributed by atoms with Crippen LogP contribution in [0.3, 0.4) is 0 Å². The summed E-state index contributed by atoms with van der Waals surface area (Å²) in [5, 5.41) is 1.22. The Hall–Kier alpha value is -1.92. The molecule has 6 nitrogen and oxygen atoms in total. The topological polar surface area (TPSA) is 61.5 Å². The number of H-pyrrole nitrogens is 1. The van der Waals surface area contributed by atoms with Gasteiger partial charge in [0, 0.05) is 69.4 Å². The number of likely N-dealkylation sites (tertiary alicyclic amines) is 1. The quantitative estimate of drug-likeness (QED) is 0.918. The van der Waals surface area contributed by atoms with Gasteiger partial charge in [0.25, 0.3) is 0 Å². The van der Waals surface area contributed by atoms with Gasteiger partial charge in [-0.3, -0.25) is 9.69 Å². The summed E-state index contributed by atoms with van der Waals surface area (Å²) < 4.78 is 5.61. The van der Waals surface area contributed by atoms with Crippen LogP contribution in [0.15, 0.2) is 18.3 Å². The third kappa shape index (κ3) is 3.62. The number of nitrogens with one attached hydrogen (secondary N) is 1. The van der Waals surface area contributed by atoms with E-state index in [0.29, 0.717) is 5.92 Å². The van der Waals surface area contributed by atoms with Gasteiger partial charge in [0.1, 0.15) is 5.65 Å². The van der Waals surface area contributed by atoms with E-state index in [1.807, 2.05) is 17.2 Å². The van der Waals surface area contributed by atoms with Crippen molar-refractivity contribution in [2.24, 2.45) is 0 Å². The maximum absolute atomic E-state index is 11.9. The molecule has 0 aromatic carbocycles. The van der Waals surface area contributed by atoms with Crippen LogP contribution in [0.4, 0.5) is 0 Å². The molecule has 2 saturated heterocycles. The summed E-state index contributed by atoms with van der Waals surface area (Å²) in [6.07, 6.45) is 5.10. The van der Waals surface area contributed by atoms with Crippen LogP contribution in [0, 0.1) is 0 Å².